The highest BCUT2D eigenvalue weighted by atomic mass is 16.5. The molecule has 0 saturated carbocycles. The maximum absolute atomic E-state index is 12.7. The van der Waals surface area contributed by atoms with Gasteiger partial charge in [-0.15, -0.1) is 0 Å². The molecule has 0 atom stereocenters. The number of ketones is 1. The van der Waals surface area contributed by atoms with Crippen LogP contribution in [0.25, 0.3) is 11.0 Å². The molecule has 0 saturated heterocycles. The van der Waals surface area contributed by atoms with Crippen LogP contribution in [0, 0.1) is 0 Å². The van der Waals surface area contributed by atoms with E-state index in [0.717, 1.165) is 29.0 Å². The second-order valence-corrected chi connectivity index (χ2v) is 5.56. The lowest BCUT2D eigenvalue weighted by atomic mass is 10.1. The van der Waals surface area contributed by atoms with Gasteiger partial charge in [-0.25, -0.2) is 9.13 Å². The largest absolute Gasteiger partial charge is 0.497 e. The maximum Gasteiger partial charge on any atom is 0.257 e. The van der Waals surface area contributed by atoms with Crippen LogP contribution >= 0.6 is 0 Å². The molecule has 0 bridgehead atoms. The fourth-order valence-corrected chi connectivity index (χ4v) is 3.05. The van der Waals surface area contributed by atoms with Crippen molar-refractivity contribution >= 4 is 16.8 Å². The van der Waals surface area contributed by atoms with Crippen molar-refractivity contribution in [2.24, 2.45) is 7.05 Å². The van der Waals surface area contributed by atoms with E-state index in [0.29, 0.717) is 12.1 Å². The van der Waals surface area contributed by atoms with Crippen LogP contribution in [0.2, 0.25) is 0 Å². The predicted octanol–water partition coefficient (Wildman–Crippen LogP) is 2.92. The molecule has 1 heterocycles. The molecule has 0 spiro atoms. The van der Waals surface area contributed by atoms with Gasteiger partial charge < -0.3 is 4.74 Å². The number of fused-ring (bicyclic) bond motifs is 1. The van der Waals surface area contributed by atoms with E-state index in [-0.39, 0.29) is 5.78 Å². The third kappa shape index (κ3) is 2.72. The van der Waals surface area contributed by atoms with Crippen LogP contribution < -0.4 is 9.30 Å². The van der Waals surface area contributed by atoms with Crippen molar-refractivity contribution in [2.75, 3.05) is 7.11 Å². The second-order valence-electron chi connectivity index (χ2n) is 5.56. The summed E-state index contributed by atoms with van der Waals surface area (Å²) in [7, 11) is 3.67. The molecule has 0 fully saturated rings. The lowest BCUT2D eigenvalue weighted by molar-refractivity contribution is -0.653. The molecule has 23 heavy (non-hydrogen) atoms. The van der Waals surface area contributed by atoms with Crippen LogP contribution in [0.1, 0.15) is 23.1 Å². The van der Waals surface area contributed by atoms with Crippen LogP contribution in [0.5, 0.6) is 5.75 Å². The van der Waals surface area contributed by atoms with Gasteiger partial charge in [-0.05, 0) is 36.4 Å². The number of ether oxygens (including phenoxy) is 1. The van der Waals surface area contributed by atoms with E-state index < -0.39 is 0 Å². The highest BCUT2D eigenvalue weighted by molar-refractivity contribution is 5.96. The van der Waals surface area contributed by atoms with Gasteiger partial charge in [-0.1, -0.05) is 19.1 Å². The molecule has 0 amide bonds. The molecule has 0 aliphatic carbocycles. The SMILES string of the molecule is CCc1n(CC(=O)c2ccc(OC)cc2)c2ccccc2[n+]1C. The van der Waals surface area contributed by atoms with Gasteiger partial charge >= 0.3 is 0 Å². The first-order valence-electron chi connectivity index (χ1n) is 7.79. The predicted molar refractivity (Wildman–Crippen MR) is 89.8 cm³/mol. The highest BCUT2D eigenvalue weighted by Gasteiger charge is 2.23. The number of rotatable bonds is 5. The number of hydrogen-bond acceptors (Lipinski definition) is 2. The van der Waals surface area contributed by atoms with Crippen LogP contribution in [0.4, 0.5) is 0 Å². The molecule has 0 N–H and O–H groups in total. The molecule has 3 rings (SSSR count). The van der Waals surface area contributed by atoms with Crippen molar-refractivity contribution < 1.29 is 14.1 Å². The Morgan fingerprint density at radius 2 is 1.83 bits per heavy atom. The lowest BCUT2D eigenvalue weighted by Gasteiger charge is -2.04. The lowest BCUT2D eigenvalue weighted by Crippen LogP contribution is -2.33. The van der Waals surface area contributed by atoms with Crippen molar-refractivity contribution in [3.63, 3.8) is 0 Å². The third-order valence-corrected chi connectivity index (χ3v) is 4.26. The number of imidazole rings is 1. The number of aromatic nitrogens is 2. The maximum atomic E-state index is 12.7. The number of Topliss-reactive ketones (excluding diaryl/α,β-unsaturated/α-hetero) is 1. The van der Waals surface area contributed by atoms with Gasteiger partial charge in [0.2, 0.25) is 5.78 Å². The zero-order valence-electron chi connectivity index (χ0n) is 13.7. The first kappa shape index (κ1) is 15.3. The first-order valence-corrected chi connectivity index (χ1v) is 7.79. The summed E-state index contributed by atoms with van der Waals surface area (Å²) in [5.74, 6) is 2.00. The van der Waals surface area contributed by atoms with Gasteiger partial charge in [0, 0.05) is 12.0 Å². The van der Waals surface area contributed by atoms with Gasteiger partial charge in [-0.3, -0.25) is 4.79 Å². The molecule has 3 aromatic rings. The number of hydrogen-bond donors (Lipinski definition) is 0. The molecule has 4 heteroatoms. The Kier molecular flexibility index (Phi) is 4.15. The van der Waals surface area contributed by atoms with Gasteiger partial charge in [0.15, 0.2) is 17.6 Å². The zero-order chi connectivity index (χ0) is 16.4. The van der Waals surface area contributed by atoms with E-state index >= 15 is 0 Å². The molecule has 118 valence electrons. The Hall–Kier alpha value is -2.62. The summed E-state index contributed by atoms with van der Waals surface area (Å²) in [6.07, 6.45) is 0.876. The van der Waals surface area contributed by atoms with E-state index in [1.807, 2.05) is 36.4 Å². The quantitative estimate of drug-likeness (QED) is 0.536. The van der Waals surface area contributed by atoms with E-state index in [1.165, 1.54) is 0 Å². The number of carbonyl (C=O) groups excluding carboxylic acids is 1. The Balaban J connectivity index is 1.98. The van der Waals surface area contributed by atoms with E-state index in [9.17, 15) is 4.79 Å². The summed E-state index contributed by atoms with van der Waals surface area (Å²) < 4.78 is 9.42. The minimum Gasteiger partial charge on any atom is -0.497 e. The molecule has 0 aliphatic rings. The van der Waals surface area contributed by atoms with Crippen molar-refractivity contribution in [2.45, 2.75) is 19.9 Å². The summed E-state index contributed by atoms with van der Waals surface area (Å²) in [5, 5.41) is 0. The molecule has 4 nitrogen and oxygen atoms in total. The number of aryl methyl sites for hydroxylation is 1. The molecular weight excluding hydrogens is 288 g/mol. The van der Waals surface area contributed by atoms with Crippen LogP contribution in [-0.4, -0.2) is 17.5 Å². The van der Waals surface area contributed by atoms with Crippen LogP contribution in [0.15, 0.2) is 48.5 Å². The van der Waals surface area contributed by atoms with Crippen LogP contribution in [-0.2, 0) is 20.0 Å². The summed E-state index contributed by atoms with van der Waals surface area (Å²) in [6, 6.07) is 15.5. The number of methoxy groups -OCH3 is 1. The van der Waals surface area contributed by atoms with E-state index in [2.05, 4.69) is 35.2 Å². The summed E-state index contributed by atoms with van der Waals surface area (Å²) in [5.41, 5.74) is 2.94. The minimum absolute atomic E-state index is 0.101. The molecule has 0 unspecified atom stereocenters. The fraction of sp³-hybridized carbons (Fsp3) is 0.263. The second kappa shape index (κ2) is 6.24. The Morgan fingerprint density at radius 3 is 2.48 bits per heavy atom. The molecular formula is C19H21N2O2+. The monoisotopic (exact) mass is 309 g/mol. The summed E-state index contributed by atoms with van der Waals surface area (Å²) in [6.45, 7) is 2.46. The smallest absolute Gasteiger partial charge is 0.257 e. The summed E-state index contributed by atoms with van der Waals surface area (Å²) >= 11 is 0. The first-order chi connectivity index (χ1) is 11.2. The van der Waals surface area contributed by atoms with E-state index in [4.69, 9.17) is 4.74 Å². The molecule has 0 radical (unpaired) electrons. The zero-order valence-corrected chi connectivity index (χ0v) is 13.7. The number of benzene rings is 2. The standard InChI is InChI=1S/C19H21N2O2/c1-4-19-20(2)16-7-5-6-8-17(16)21(19)13-18(22)14-9-11-15(23-3)12-10-14/h5-12H,4,13H2,1-3H3/q+1. The number of nitrogens with zero attached hydrogens (tertiary/aromatic N) is 2. The molecule has 2 aromatic carbocycles. The number of carbonyl (C=O) groups is 1. The average Bonchev–Trinajstić information content (AvgIpc) is 2.87. The Morgan fingerprint density at radius 1 is 1.13 bits per heavy atom. The normalized spacial score (nSPS) is 10.9. The van der Waals surface area contributed by atoms with Crippen molar-refractivity contribution in [3.05, 3.63) is 59.9 Å². The topological polar surface area (TPSA) is 35.1 Å². The van der Waals surface area contributed by atoms with Crippen LogP contribution in [0.3, 0.4) is 0 Å². The van der Waals surface area contributed by atoms with Crippen molar-refractivity contribution in [3.8, 4) is 5.75 Å². The molecule has 1 aromatic heterocycles. The van der Waals surface area contributed by atoms with Gasteiger partial charge in [0.1, 0.15) is 5.75 Å². The summed E-state index contributed by atoms with van der Waals surface area (Å²) in [4.78, 5) is 12.7. The Labute approximate surface area is 135 Å². The van der Waals surface area contributed by atoms with Crippen molar-refractivity contribution in [1.29, 1.82) is 0 Å². The van der Waals surface area contributed by atoms with E-state index in [1.54, 1.807) is 7.11 Å². The minimum atomic E-state index is 0.101. The fourth-order valence-electron chi connectivity index (χ4n) is 3.05. The van der Waals surface area contributed by atoms with Gasteiger partial charge in [-0.2, -0.15) is 0 Å². The third-order valence-electron chi connectivity index (χ3n) is 4.26. The Bertz CT molecular complexity index is 848. The van der Waals surface area contributed by atoms with Gasteiger partial charge in [0.05, 0.1) is 14.2 Å². The number of para-hydroxylation sites is 2. The molecule has 0 aliphatic heterocycles. The highest BCUT2D eigenvalue weighted by Crippen LogP contribution is 2.17. The van der Waals surface area contributed by atoms with Gasteiger partial charge in [0.25, 0.3) is 5.82 Å². The average molecular weight is 309 g/mol. The van der Waals surface area contributed by atoms with Crippen molar-refractivity contribution in [1.82, 2.24) is 4.57 Å².